The third-order valence-corrected chi connectivity index (χ3v) is 4.88. The van der Waals surface area contributed by atoms with Gasteiger partial charge >= 0.3 is 0 Å². The fourth-order valence-electron chi connectivity index (χ4n) is 2.59. The normalized spacial score (nSPS) is 21.4. The van der Waals surface area contributed by atoms with E-state index in [-0.39, 0.29) is 0 Å². The molecule has 4 heteroatoms. The molecule has 0 bridgehead atoms. The summed E-state index contributed by atoms with van der Waals surface area (Å²) >= 11 is 2.05. The van der Waals surface area contributed by atoms with E-state index in [2.05, 4.69) is 48.1 Å². The zero-order chi connectivity index (χ0) is 13.7. The first-order valence-electron chi connectivity index (χ1n) is 7.30. The van der Waals surface area contributed by atoms with Crippen molar-refractivity contribution in [3.63, 3.8) is 0 Å². The molecule has 2 rings (SSSR count). The Morgan fingerprint density at radius 1 is 1.47 bits per heavy atom. The Hall–Kier alpha value is -0.740. The van der Waals surface area contributed by atoms with Crippen molar-refractivity contribution in [3.8, 4) is 0 Å². The molecule has 1 N–H and O–H groups in total. The minimum absolute atomic E-state index is 0.383. The maximum absolute atomic E-state index is 4.67. The summed E-state index contributed by atoms with van der Waals surface area (Å²) in [5, 5.41) is 3.48. The molecule has 1 aliphatic heterocycles. The Bertz CT molecular complexity index is 379. The summed E-state index contributed by atoms with van der Waals surface area (Å²) in [6.07, 6.45) is 3.12. The van der Waals surface area contributed by atoms with Crippen molar-refractivity contribution in [2.45, 2.75) is 39.3 Å². The zero-order valence-corrected chi connectivity index (χ0v) is 13.0. The second kappa shape index (κ2) is 7.15. The van der Waals surface area contributed by atoms with Crippen LogP contribution in [0.5, 0.6) is 0 Å². The number of pyridine rings is 1. The van der Waals surface area contributed by atoms with Crippen LogP contribution in [0.15, 0.2) is 18.3 Å². The Labute approximate surface area is 121 Å². The second-order valence-electron chi connectivity index (χ2n) is 5.08. The number of anilines is 1. The maximum atomic E-state index is 4.67. The van der Waals surface area contributed by atoms with Gasteiger partial charge in [-0.1, -0.05) is 13.8 Å². The third-order valence-electron chi connectivity index (χ3n) is 3.69. The largest absolute Gasteiger partial charge is 0.366 e. The maximum Gasteiger partial charge on any atom is 0.0574 e. The SMILES string of the molecule is CCNC(CC)c1ccc(N2CCSCC2C)cn1. The lowest BCUT2D eigenvalue weighted by Gasteiger charge is -2.35. The van der Waals surface area contributed by atoms with Crippen LogP contribution in [0.3, 0.4) is 0 Å². The fourth-order valence-corrected chi connectivity index (χ4v) is 3.60. The molecule has 0 amide bonds. The number of aromatic nitrogens is 1. The highest BCUT2D eigenvalue weighted by Gasteiger charge is 2.19. The van der Waals surface area contributed by atoms with Crippen molar-refractivity contribution in [3.05, 3.63) is 24.0 Å². The van der Waals surface area contributed by atoms with E-state index in [0.717, 1.165) is 25.2 Å². The van der Waals surface area contributed by atoms with Crippen molar-refractivity contribution < 1.29 is 0 Å². The van der Waals surface area contributed by atoms with Crippen LogP contribution in [0, 0.1) is 0 Å². The third kappa shape index (κ3) is 3.63. The number of thioether (sulfide) groups is 1. The van der Waals surface area contributed by atoms with Crippen LogP contribution in [-0.4, -0.2) is 35.6 Å². The van der Waals surface area contributed by atoms with E-state index in [1.165, 1.54) is 17.2 Å². The van der Waals surface area contributed by atoms with Gasteiger partial charge in [0.15, 0.2) is 0 Å². The molecule has 1 saturated heterocycles. The first-order valence-corrected chi connectivity index (χ1v) is 8.45. The highest BCUT2D eigenvalue weighted by Crippen LogP contribution is 2.24. The highest BCUT2D eigenvalue weighted by molar-refractivity contribution is 7.99. The summed E-state index contributed by atoms with van der Waals surface area (Å²) in [6.45, 7) is 8.77. The van der Waals surface area contributed by atoms with Crippen LogP contribution in [-0.2, 0) is 0 Å². The molecule has 2 heterocycles. The van der Waals surface area contributed by atoms with E-state index in [4.69, 9.17) is 0 Å². The molecular formula is C15H25N3S. The molecule has 2 unspecified atom stereocenters. The average molecular weight is 279 g/mol. The van der Waals surface area contributed by atoms with E-state index in [9.17, 15) is 0 Å². The Morgan fingerprint density at radius 2 is 2.32 bits per heavy atom. The summed E-state index contributed by atoms with van der Waals surface area (Å²) in [6, 6.07) is 5.41. The number of hydrogen-bond donors (Lipinski definition) is 1. The van der Waals surface area contributed by atoms with Crippen molar-refractivity contribution in [2.75, 3.05) is 29.5 Å². The number of rotatable bonds is 5. The lowest BCUT2D eigenvalue weighted by atomic mass is 10.1. The Balaban J connectivity index is 2.08. The van der Waals surface area contributed by atoms with Gasteiger partial charge in [0.05, 0.1) is 17.6 Å². The summed E-state index contributed by atoms with van der Waals surface area (Å²) in [7, 11) is 0. The lowest BCUT2D eigenvalue weighted by Crippen LogP contribution is -2.40. The van der Waals surface area contributed by atoms with E-state index >= 15 is 0 Å². The zero-order valence-electron chi connectivity index (χ0n) is 12.2. The molecule has 19 heavy (non-hydrogen) atoms. The number of hydrogen-bond acceptors (Lipinski definition) is 4. The monoisotopic (exact) mass is 279 g/mol. The van der Waals surface area contributed by atoms with E-state index in [1.54, 1.807) is 0 Å². The summed E-state index contributed by atoms with van der Waals surface area (Å²) < 4.78 is 0. The minimum atomic E-state index is 0.383. The second-order valence-corrected chi connectivity index (χ2v) is 6.23. The van der Waals surface area contributed by atoms with E-state index in [1.807, 2.05) is 18.0 Å². The van der Waals surface area contributed by atoms with Crippen molar-refractivity contribution >= 4 is 17.4 Å². The number of nitrogens with one attached hydrogen (secondary N) is 1. The van der Waals surface area contributed by atoms with Gasteiger partial charge in [0.25, 0.3) is 0 Å². The molecule has 1 aromatic rings. The Kier molecular flexibility index (Phi) is 5.52. The summed E-state index contributed by atoms with van der Waals surface area (Å²) in [5.41, 5.74) is 2.43. The van der Waals surface area contributed by atoms with E-state index in [0.29, 0.717) is 12.1 Å². The lowest BCUT2D eigenvalue weighted by molar-refractivity contribution is 0.524. The van der Waals surface area contributed by atoms with Gasteiger partial charge in [-0.25, -0.2) is 0 Å². The van der Waals surface area contributed by atoms with Gasteiger partial charge in [-0.05, 0) is 32.0 Å². The predicted molar refractivity (Wildman–Crippen MR) is 85.1 cm³/mol. The van der Waals surface area contributed by atoms with Crippen LogP contribution >= 0.6 is 11.8 Å². The van der Waals surface area contributed by atoms with Gasteiger partial charge < -0.3 is 10.2 Å². The van der Waals surface area contributed by atoms with Gasteiger partial charge in [-0.15, -0.1) is 0 Å². The van der Waals surface area contributed by atoms with Gasteiger partial charge in [0, 0.05) is 30.1 Å². The molecule has 1 fully saturated rings. The molecule has 0 aliphatic carbocycles. The van der Waals surface area contributed by atoms with Crippen LogP contribution in [0.2, 0.25) is 0 Å². The van der Waals surface area contributed by atoms with Crippen LogP contribution in [0.1, 0.15) is 38.9 Å². The van der Waals surface area contributed by atoms with Crippen LogP contribution in [0.4, 0.5) is 5.69 Å². The molecule has 1 aromatic heterocycles. The molecule has 106 valence electrons. The molecule has 0 saturated carbocycles. The molecule has 1 aliphatic rings. The number of nitrogens with zero attached hydrogens (tertiary/aromatic N) is 2. The molecule has 2 atom stereocenters. The van der Waals surface area contributed by atoms with Gasteiger partial charge in [0.2, 0.25) is 0 Å². The van der Waals surface area contributed by atoms with Crippen molar-refractivity contribution in [1.82, 2.24) is 10.3 Å². The van der Waals surface area contributed by atoms with Crippen molar-refractivity contribution in [1.29, 1.82) is 0 Å². The van der Waals surface area contributed by atoms with Crippen LogP contribution < -0.4 is 10.2 Å². The van der Waals surface area contributed by atoms with Gasteiger partial charge in [0.1, 0.15) is 0 Å². The first-order chi connectivity index (χ1) is 9.26. The van der Waals surface area contributed by atoms with Crippen LogP contribution in [0.25, 0.3) is 0 Å². The first kappa shape index (κ1) is 14.7. The molecule has 0 spiro atoms. The summed E-state index contributed by atoms with van der Waals surface area (Å²) in [4.78, 5) is 7.14. The Morgan fingerprint density at radius 3 is 2.89 bits per heavy atom. The average Bonchev–Trinajstić information content (AvgIpc) is 2.46. The smallest absolute Gasteiger partial charge is 0.0574 e. The van der Waals surface area contributed by atoms with E-state index < -0.39 is 0 Å². The molecular weight excluding hydrogens is 254 g/mol. The topological polar surface area (TPSA) is 28.2 Å². The standard InChI is InChI=1S/C15H25N3S/c1-4-14(16-5-2)15-7-6-13(10-17-15)18-8-9-19-11-12(18)3/h6-7,10,12,14,16H,4-5,8-9,11H2,1-3H3. The minimum Gasteiger partial charge on any atom is -0.366 e. The van der Waals surface area contributed by atoms with Gasteiger partial charge in [-0.3, -0.25) is 4.98 Å². The van der Waals surface area contributed by atoms with Crippen molar-refractivity contribution in [2.24, 2.45) is 0 Å². The quantitative estimate of drug-likeness (QED) is 0.896. The molecule has 0 radical (unpaired) electrons. The van der Waals surface area contributed by atoms with Gasteiger partial charge in [-0.2, -0.15) is 11.8 Å². The molecule has 0 aromatic carbocycles. The molecule has 3 nitrogen and oxygen atoms in total. The predicted octanol–water partition coefficient (Wildman–Crippen LogP) is 3.08. The highest BCUT2D eigenvalue weighted by atomic mass is 32.2. The fraction of sp³-hybridized carbons (Fsp3) is 0.667. The summed E-state index contributed by atoms with van der Waals surface area (Å²) in [5.74, 6) is 2.44.